The van der Waals surface area contributed by atoms with Crippen LogP contribution in [0.3, 0.4) is 0 Å². The molecule has 0 amide bonds. The Morgan fingerprint density at radius 3 is 2.30 bits per heavy atom. The molecule has 0 heterocycles. The van der Waals surface area contributed by atoms with E-state index in [1.165, 1.54) is 12.5 Å². The van der Waals surface area contributed by atoms with Gasteiger partial charge in [0.1, 0.15) is 23.0 Å². The third-order valence-corrected chi connectivity index (χ3v) is 6.87. The zero-order valence-electron chi connectivity index (χ0n) is 16.8. The second kappa shape index (κ2) is 7.93. The summed E-state index contributed by atoms with van der Waals surface area (Å²) in [6.45, 7) is 2.19. The summed E-state index contributed by atoms with van der Waals surface area (Å²) in [6, 6.07) is 4.39. The molecule has 2 aromatic rings. The standard InChI is InChI=1S/C24H24F6/c1-2-3-13-4-6-16-14(10-13)5-7-19-18(16)9-8-17(23(19)27)15-11-20(25)22(21(26)12-15)24(28,29)30/h8-9,11-14,16H,2-7,10H2,1H3/t13-,14-,16+/m1/s1. The van der Waals surface area contributed by atoms with Gasteiger partial charge in [-0.15, -0.1) is 0 Å². The highest BCUT2D eigenvalue weighted by atomic mass is 19.4. The van der Waals surface area contributed by atoms with Crippen molar-refractivity contribution in [1.29, 1.82) is 0 Å². The monoisotopic (exact) mass is 426 g/mol. The summed E-state index contributed by atoms with van der Waals surface area (Å²) in [6.07, 6.45) is 1.92. The molecule has 0 saturated heterocycles. The summed E-state index contributed by atoms with van der Waals surface area (Å²) in [5.74, 6) is -2.51. The van der Waals surface area contributed by atoms with Gasteiger partial charge in [-0.3, -0.25) is 0 Å². The van der Waals surface area contributed by atoms with Crippen molar-refractivity contribution in [3.63, 3.8) is 0 Å². The molecule has 162 valence electrons. The highest BCUT2D eigenvalue weighted by Crippen LogP contribution is 2.49. The summed E-state index contributed by atoms with van der Waals surface area (Å²) in [5.41, 5.74) is -0.722. The fourth-order valence-corrected chi connectivity index (χ4v) is 5.55. The molecule has 30 heavy (non-hydrogen) atoms. The van der Waals surface area contributed by atoms with Gasteiger partial charge in [0.25, 0.3) is 0 Å². The van der Waals surface area contributed by atoms with E-state index in [4.69, 9.17) is 0 Å². The molecule has 0 radical (unpaired) electrons. The molecule has 6 heteroatoms. The summed E-state index contributed by atoms with van der Waals surface area (Å²) < 4.78 is 81.8. The van der Waals surface area contributed by atoms with Gasteiger partial charge in [-0.1, -0.05) is 31.9 Å². The van der Waals surface area contributed by atoms with Crippen molar-refractivity contribution < 1.29 is 26.3 Å². The van der Waals surface area contributed by atoms with E-state index in [0.29, 0.717) is 30.0 Å². The third-order valence-electron chi connectivity index (χ3n) is 6.87. The Morgan fingerprint density at radius 1 is 0.967 bits per heavy atom. The third kappa shape index (κ3) is 3.74. The Balaban J connectivity index is 1.68. The van der Waals surface area contributed by atoms with Crippen LogP contribution in [0.2, 0.25) is 0 Å². The molecule has 0 spiro atoms. The Hall–Kier alpha value is -1.98. The van der Waals surface area contributed by atoms with E-state index in [0.717, 1.165) is 43.6 Å². The number of benzene rings is 2. The summed E-state index contributed by atoms with van der Waals surface area (Å²) in [5, 5.41) is 0. The van der Waals surface area contributed by atoms with E-state index in [9.17, 15) is 22.0 Å². The van der Waals surface area contributed by atoms with Crippen LogP contribution in [0, 0.1) is 29.3 Å². The molecule has 0 unspecified atom stereocenters. The van der Waals surface area contributed by atoms with Gasteiger partial charge in [0.2, 0.25) is 0 Å². The summed E-state index contributed by atoms with van der Waals surface area (Å²) in [7, 11) is 0. The van der Waals surface area contributed by atoms with Crippen molar-refractivity contribution in [2.45, 2.75) is 64.0 Å². The Bertz CT molecular complexity index is 922. The lowest BCUT2D eigenvalue weighted by atomic mass is 9.64. The van der Waals surface area contributed by atoms with Crippen LogP contribution in [0.4, 0.5) is 26.3 Å². The fraction of sp³-hybridized carbons (Fsp3) is 0.500. The molecule has 0 aromatic heterocycles. The van der Waals surface area contributed by atoms with Crippen LogP contribution in [0.5, 0.6) is 0 Å². The fourth-order valence-electron chi connectivity index (χ4n) is 5.55. The van der Waals surface area contributed by atoms with Crippen LogP contribution in [-0.2, 0) is 12.6 Å². The van der Waals surface area contributed by atoms with Gasteiger partial charge in [0.05, 0.1) is 0 Å². The maximum atomic E-state index is 15.3. The Kier molecular flexibility index (Phi) is 5.62. The lowest BCUT2D eigenvalue weighted by Gasteiger charge is -2.41. The molecule has 0 bridgehead atoms. The van der Waals surface area contributed by atoms with E-state index in [1.54, 1.807) is 6.07 Å². The van der Waals surface area contributed by atoms with Crippen molar-refractivity contribution in [3.05, 3.63) is 58.4 Å². The summed E-state index contributed by atoms with van der Waals surface area (Å²) >= 11 is 0. The van der Waals surface area contributed by atoms with Crippen LogP contribution in [0.25, 0.3) is 11.1 Å². The van der Waals surface area contributed by atoms with Gasteiger partial charge in [0.15, 0.2) is 0 Å². The normalized spacial score (nSPS) is 23.8. The lowest BCUT2D eigenvalue weighted by Crippen LogP contribution is -2.28. The minimum absolute atomic E-state index is 0.0570. The first-order valence-corrected chi connectivity index (χ1v) is 10.6. The zero-order chi connectivity index (χ0) is 21.6. The van der Waals surface area contributed by atoms with E-state index in [2.05, 4.69) is 6.92 Å². The summed E-state index contributed by atoms with van der Waals surface area (Å²) in [4.78, 5) is 0. The topological polar surface area (TPSA) is 0 Å². The minimum atomic E-state index is -5.15. The maximum absolute atomic E-state index is 15.3. The predicted octanol–water partition coefficient (Wildman–Crippen LogP) is 8.04. The first-order chi connectivity index (χ1) is 14.2. The minimum Gasteiger partial charge on any atom is -0.206 e. The van der Waals surface area contributed by atoms with E-state index >= 15 is 4.39 Å². The molecule has 0 aliphatic heterocycles. The highest BCUT2D eigenvalue weighted by Gasteiger charge is 2.39. The molecule has 0 N–H and O–H groups in total. The molecule has 2 aromatic carbocycles. The molecule has 1 saturated carbocycles. The van der Waals surface area contributed by atoms with Gasteiger partial charge in [-0.25, -0.2) is 13.2 Å². The molecule has 4 rings (SSSR count). The first kappa shape index (κ1) is 21.3. The van der Waals surface area contributed by atoms with Crippen molar-refractivity contribution >= 4 is 0 Å². The van der Waals surface area contributed by atoms with Crippen LogP contribution in [0.1, 0.15) is 68.1 Å². The van der Waals surface area contributed by atoms with Gasteiger partial charge in [-0.05, 0) is 78.7 Å². The van der Waals surface area contributed by atoms with Gasteiger partial charge < -0.3 is 0 Å². The smallest absolute Gasteiger partial charge is 0.206 e. The van der Waals surface area contributed by atoms with Crippen molar-refractivity contribution in [2.24, 2.45) is 11.8 Å². The van der Waals surface area contributed by atoms with E-state index in [-0.39, 0.29) is 17.0 Å². The lowest BCUT2D eigenvalue weighted by molar-refractivity contribution is -0.142. The van der Waals surface area contributed by atoms with Crippen molar-refractivity contribution in [1.82, 2.24) is 0 Å². The molecular formula is C24H24F6. The molecular weight excluding hydrogens is 402 g/mol. The Labute approximate surface area is 172 Å². The Morgan fingerprint density at radius 2 is 1.67 bits per heavy atom. The SMILES string of the molecule is CCC[C@@H]1CC[C@@H]2c3ccc(-c4cc(F)c(C(F)(F)F)c(F)c4)c(F)c3CC[C@@H]2C1. The maximum Gasteiger partial charge on any atom is 0.422 e. The average molecular weight is 426 g/mol. The van der Waals surface area contributed by atoms with Crippen molar-refractivity contribution in [2.75, 3.05) is 0 Å². The van der Waals surface area contributed by atoms with Gasteiger partial charge in [0, 0.05) is 5.56 Å². The second-order valence-electron chi connectivity index (χ2n) is 8.68. The molecule has 1 fully saturated rings. The van der Waals surface area contributed by atoms with Crippen LogP contribution in [-0.4, -0.2) is 0 Å². The molecule has 2 aliphatic carbocycles. The second-order valence-corrected chi connectivity index (χ2v) is 8.68. The highest BCUT2D eigenvalue weighted by molar-refractivity contribution is 5.67. The van der Waals surface area contributed by atoms with Gasteiger partial charge >= 0.3 is 6.18 Å². The van der Waals surface area contributed by atoms with E-state index in [1.807, 2.05) is 0 Å². The average Bonchev–Trinajstić information content (AvgIpc) is 2.66. The van der Waals surface area contributed by atoms with Crippen LogP contribution < -0.4 is 0 Å². The molecule has 2 aliphatic rings. The molecule has 3 atom stereocenters. The molecule has 0 nitrogen and oxygen atoms in total. The predicted molar refractivity (Wildman–Crippen MR) is 104 cm³/mol. The van der Waals surface area contributed by atoms with Crippen molar-refractivity contribution in [3.8, 4) is 11.1 Å². The number of hydrogen-bond donors (Lipinski definition) is 0. The number of hydrogen-bond acceptors (Lipinski definition) is 0. The quantitative estimate of drug-likeness (QED) is 0.436. The number of fused-ring (bicyclic) bond motifs is 3. The number of rotatable bonds is 3. The van der Waals surface area contributed by atoms with E-state index < -0.39 is 29.2 Å². The first-order valence-electron chi connectivity index (χ1n) is 10.6. The zero-order valence-corrected chi connectivity index (χ0v) is 16.8. The largest absolute Gasteiger partial charge is 0.422 e. The van der Waals surface area contributed by atoms with Crippen LogP contribution >= 0.6 is 0 Å². The van der Waals surface area contributed by atoms with Gasteiger partial charge in [-0.2, -0.15) is 13.2 Å². The number of alkyl halides is 3. The van der Waals surface area contributed by atoms with Crippen LogP contribution in [0.15, 0.2) is 24.3 Å². The number of halogens is 6.